The number of benzene rings is 2. The summed E-state index contributed by atoms with van der Waals surface area (Å²) in [6.45, 7) is 3.93. The number of amides is 3. The lowest BCUT2D eigenvalue weighted by Crippen LogP contribution is -2.47. The normalized spacial score (nSPS) is 13.2. The topological polar surface area (TPSA) is 134 Å². The van der Waals surface area contributed by atoms with Crippen LogP contribution < -0.4 is 16.0 Å². The van der Waals surface area contributed by atoms with E-state index in [-0.39, 0.29) is 30.6 Å². The van der Waals surface area contributed by atoms with E-state index < -0.39 is 11.9 Å². The fourth-order valence-corrected chi connectivity index (χ4v) is 4.05. The number of carbonyl (C=O) groups is 3. The third kappa shape index (κ3) is 4.48. The fraction of sp³-hybridized carbons (Fsp3) is 0.292. The molecule has 2 aromatic carbocycles. The second-order valence-corrected chi connectivity index (χ2v) is 8.37. The van der Waals surface area contributed by atoms with Crippen molar-refractivity contribution in [3.63, 3.8) is 0 Å². The number of hydrogen-bond acceptors (Lipinski definition) is 5. The predicted molar refractivity (Wildman–Crippen MR) is 124 cm³/mol. The van der Waals surface area contributed by atoms with E-state index in [1.54, 1.807) is 18.7 Å². The number of nitrogens with zero attached hydrogens (tertiary/aromatic N) is 3. The Morgan fingerprint density at radius 2 is 1.64 bits per heavy atom. The number of hydrogen-bond donors (Lipinski definition) is 3. The first-order chi connectivity index (χ1) is 15.9. The maximum atomic E-state index is 13.4. The van der Waals surface area contributed by atoms with Crippen LogP contribution in [0, 0.1) is 5.92 Å². The maximum absolute atomic E-state index is 13.4. The predicted octanol–water partition coefficient (Wildman–Crippen LogP) is 2.39. The highest BCUT2D eigenvalue weighted by Gasteiger charge is 2.28. The summed E-state index contributed by atoms with van der Waals surface area (Å²) in [6, 6.07) is 14.5. The summed E-state index contributed by atoms with van der Waals surface area (Å²) in [7, 11) is 0. The number of nitrogens with two attached hydrogens (primary N) is 1. The molecule has 1 aliphatic heterocycles. The molecule has 1 aromatic heterocycles. The second kappa shape index (κ2) is 9.23. The Morgan fingerprint density at radius 1 is 1.00 bits per heavy atom. The zero-order valence-corrected chi connectivity index (χ0v) is 18.5. The lowest BCUT2D eigenvalue weighted by Gasteiger charge is -2.28. The first-order valence-electron chi connectivity index (χ1n) is 10.8. The van der Waals surface area contributed by atoms with Gasteiger partial charge >= 0.3 is 0 Å². The van der Waals surface area contributed by atoms with E-state index in [2.05, 4.69) is 20.7 Å². The molecule has 3 aromatic rings. The van der Waals surface area contributed by atoms with Crippen molar-refractivity contribution in [3.8, 4) is 22.5 Å². The van der Waals surface area contributed by atoms with Gasteiger partial charge in [-0.3, -0.25) is 14.4 Å². The molecule has 33 heavy (non-hydrogen) atoms. The van der Waals surface area contributed by atoms with Gasteiger partial charge in [-0.25, -0.2) is 0 Å². The van der Waals surface area contributed by atoms with Crippen LogP contribution in [0.4, 0.5) is 5.69 Å². The molecule has 170 valence electrons. The third-order valence-corrected chi connectivity index (χ3v) is 5.76. The number of primary amides is 1. The summed E-state index contributed by atoms with van der Waals surface area (Å²) in [5.74, 6) is -1.33. The lowest BCUT2D eigenvalue weighted by molar-refractivity contribution is -0.129. The van der Waals surface area contributed by atoms with E-state index in [4.69, 9.17) is 5.73 Å². The largest absolute Gasteiger partial charge is 0.368 e. The Kier molecular flexibility index (Phi) is 6.21. The molecule has 0 saturated heterocycles. The van der Waals surface area contributed by atoms with Gasteiger partial charge in [0, 0.05) is 24.0 Å². The van der Waals surface area contributed by atoms with Gasteiger partial charge in [0.25, 0.3) is 0 Å². The molecule has 0 saturated carbocycles. The van der Waals surface area contributed by atoms with Crippen molar-refractivity contribution in [3.05, 3.63) is 54.1 Å². The highest BCUT2D eigenvalue weighted by Crippen LogP contribution is 2.39. The standard InChI is InChI=1S/C24H26N6O3/c1-14(2)21(24(25)33)26-19(31)11-12-20(32)30-13-15-7-3-4-8-16(15)22-23(28-29-27-22)17-9-5-6-10-18(17)30/h3-10,14,21H,11-13H2,1-2H3,(H2,25,33)(H,26,31)(H,27,28,29)/t21-/m0/s1. The summed E-state index contributed by atoms with van der Waals surface area (Å²) < 4.78 is 0. The van der Waals surface area contributed by atoms with Crippen LogP contribution in [0.5, 0.6) is 0 Å². The summed E-state index contributed by atoms with van der Waals surface area (Å²) in [4.78, 5) is 39.0. The molecular formula is C24H26N6O3. The van der Waals surface area contributed by atoms with Gasteiger partial charge in [-0.1, -0.05) is 56.3 Å². The van der Waals surface area contributed by atoms with Crippen molar-refractivity contribution in [2.75, 3.05) is 4.90 Å². The number of fused-ring (bicyclic) bond motifs is 5. The summed E-state index contributed by atoms with van der Waals surface area (Å²) >= 11 is 0. The highest BCUT2D eigenvalue weighted by atomic mass is 16.2. The van der Waals surface area contributed by atoms with E-state index in [1.165, 1.54) is 0 Å². The number of aromatic nitrogens is 3. The van der Waals surface area contributed by atoms with E-state index in [9.17, 15) is 14.4 Å². The minimum atomic E-state index is -0.771. The fourth-order valence-electron chi connectivity index (χ4n) is 4.05. The Morgan fingerprint density at radius 3 is 2.33 bits per heavy atom. The molecule has 1 atom stereocenters. The van der Waals surface area contributed by atoms with Gasteiger partial charge in [0.2, 0.25) is 17.7 Å². The molecule has 0 bridgehead atoms. The molecule has 9 heteroatoms. The molecule has 0 radical (unpaired) electrons. The first kappa shape index (κ1) is 22.2. The van der Waals surface area contributed by atoms with E-state index in [1.807, 2.05) is 48.5 Å². The maximum Gasteiger partial charge on any atom is 0.240 e. The zero-order chi connectivity index (χ0) is 23.5. The smallest absolute Gasteiger partial charge is 0.240 e. The van der Waals surface area contributed by atoms with Crippen molar-refractivity contribution >= 4 is 23.4 Å². The summed E-state index contributed by atoms with van der Waals surface area (Å²) in [6.07, 6.45) is -0.0670. The van der Waals surface area contributed by atoms with Gasteiger partial charge in [0.15, 0.2) is 0 Å². The van der Waals surface area contributed by atoms with Gasteiger partial charge in [0.1, 0.15) is 17.4 Å². The number of anilines is 1. The number of H-pyrrole nitrogens is 1. The SMILES string of the molecule is CC(C)[C@H](NC(=O)CCC(=O)N1Cc2ccccc2-c2n[nH]nc2-c2ccccc21)C(N)=O. The van der Waals surface area contributed by atoms with Crippen LogP contribution in [0.15, 0.2) is 48.5 Å². The summed E-state index contributed by atoms with van der Waals surface area (Å²) in [5, 5.41) is 14.0. The average molecular weight is 447 g/mol. The van der Waals surface area contributed by atoms with Crippen LogP contribution in [-0.2, 0) is 20.9 Å². The molecule has 9 nitrogen and oxygen atoms in total. The first-order valence-corrected chi connectivity index (χ1v) is 10.8. The molecule has 0 fully saturated rings. The molecule has 4 rings (SSSR count). The molecule has 0 aliphatic carbocycles. The van der Waals surface area contributed by atoms with E-state index in [0.717, 1.165) is 22.4 Å². The molecule has 4 N–H and O–H groups in total. The lowest BCUT2D eigenvalue weighted by atomic mass is 9.95. The molecule has 2 heterocycles. The van der Waals surface area contributed by atoms with Crippen LogP contribution in [0.25, 0.3) is 22.5 Å². The molecule has 1 aliphatic rings. The highest BCUT2D eigenvalue weighted by molar-refractivity contribution is 6.01. The second-order valence-electron chi connectivity index (χ2n) is 8.37. The number of rotatable bonds is 6. The van der Waals surface area contributed by atoms with Crippen molar-refractivity contribution in [1.82, 2.24) is 20.7 Å². The number of aromatic amines is 1. The van der Waals surface area contributed by atoms with Gasteiger partial charge in [0.05, 0.1) is 12.2 Å². The minimum absolute atomic E-state index is 0.0163. The van der Waals surface area contributed by atoms with Crippen LogP contribution in [0.3, 0.4) is 0 Å². The van der Waals surface area contributed by atoms with Crippen LogP contribution in [-0.4, -0.2) is 39.2 Å². The van der Waals surface area contributed by atoms with Crippen LogP contribution in [0.1, 0.15) is 32.3 Å². The Labute approximate surface area is 191 Å². The van der Waals surface area contributed by atoms with Crippen molar-refractivity contribution in [1.29, 1.82) is 0 Å². The van der Waals surface area contributed by atoms with Crippen molar-refractivity contribution in [2.45, 2.75) is 39.3 Å². The average Bonchev–Trinajstić information content (AvgIpc) is 3.27. The third-order valence-electron chi connectivity index (χ3n) is 5.76. The van der Waals surface area contributed by atoms with E-state index in [0.29, 0.717) is 17.9 Å². The Balaban J connectivity index is 1.61. The number of carbonyl (C=O) groups excluding carboxylic acids is 3. The molecular weight excluding hydrogens is 420 g/mol. The van der Waals surface area contributed by atoms with Gasteiger partial charge in [-0.2, -0.15) is 15.4 Å². The monoisotopic (exact) mass is 446 g/mol. The van der Waals surface area contributed by atoms with Crippen molar-refractivity contribution < 1.29 is 14.4 Å². The quantitative estimate of drug-likeness (QED) is 0.534. The molecule has 3 amide bonds. The Hall–Kier alpha value is -4.01. The molecule has 0 spiro atoms. The number of nitrogens with one attached hydrogen (secondary N) is 2. The van der Waals surface area contributed by atoms with Gasteiger partial charge < -0.3 is 16.0 Å². The number of para-hydroxylation sites is 1. The van der Waals surface area contributed by atoms with Crippen LogP contribution >= 0.6 is 0 Å². The minimum Gasteiger partial charge on any atom is -0.368 e. The Bertz CT molecular complexity index is 1200. The zero-order valence-electron chi connectivity index (χ0n) is 18.5. The van der Waals surface area contributed by atoms with Gasteiger partial charge in [-0.15, -0.1) is 0 Å². The molecule has 0 unspecified atom stereocenters. The van der Waals surface area contributed by atoms with Crippen molar-refractivity contribution in [2.24, 2.45) is 11.7 Å². The van der Waals surface area contributed by atoms with Gasteiger partial charge in [-0.05, 0) is 17.5 Å². The summed E-state index contributed by atoms with van der Waals surface area (Å²) in [5.41, 5.74) is 10.1. The van der Waals surface area contributed by atoms with Crippen LogP contribution in [0.2, 0.25) is 0 Å². The van der Waals surface area contributed by atoms with E-state index >= 15 is 0 Å².